The fraction of sp³-hybridized carbons (Fsp3) is 0.611. The summed E-state index contributed by atoms with van der Waals surface area (Å²) in [5, 5.41) is 5.31. The quantitative estimate of drug-likeness (QED) is 0.842. The first-order valence-corrected chi connectivity index (χ1v) is 8.36. The number of amides is 1. The molecule has 4 heteroatoms. The highest BCUT2D eigenvalue weighted by Gasteiger charge is 2.25. The number of carbonyl (C=O) groups excluding carboxylic acids is 1. The molecule has 0 aliphatic heterocycles. The Hall–Kier alpha value is -1.55. The monoisotopic (exact) mass is 305 g/mol. The van der Waals surface area contributed by atoms with Crippen LogP contribution in [-0.4, -0.2) is 25.1 Å². The molecule has 4 nitrogen and oxygen atoms in total. The topological polar surface area (TPSA) is 54.9 Å². The van der Waals surface area contributed by atoms with Gasteiger partial charge in [-0.25, -0.2) is 0 Å². The maximum absolute atomic E-state index is 12.3. The molecule has 0 radical (unpaired) electrons. The van der Waals surface area contributed by atoms with Crippen LogP contribution < -0.4 is 15.4 Å². The Kier molecular flexibility index (Phi) is 6.25. The second kappa shape index (κ2) is 8.18. The van der Waals surface area contributed by atoms with Crippen molar-refractivity contribution in [1.82, 2.24) is 5.32 Å². The third-order valence-electron chi connectivity index (χ3n) is 4.69. The lowest BCUT2D eigenvalue weighted by Crippen LogP contribution is -2.90. The van der Waals surface area contributed by atoms with Crippen molar-refractivity contribution in [3.63, 3.8) is 0 Å². The number of hydrogen-bond donors (Lipinski definition) is 2. The van der Waals surface area contributed by atoms with Crippen LogP contribution in [-0.2, 0) is 11.3 Å². The Morgan fingerprint density at radius 1 is 1.41 bits per heavy atom. The van der Waals surface area contributed by atoms with Crippen molar-refractivity contribution in [2.75, 3.05) is 7.11 Å². The van der Waals surface area contributed by atoms with Gasteiger partial charge in [0.1, 0.15) is 12.3 Å². The molecule has 0 heterocycles. The summed E-state index contributed by atoms with van der Waals surface area (Å²) in [5.74, 6) is 1.61. The van der Waals surface area contributed by atoms with E-state index < -0.39 is 0 Å². The fourth-order valence-corrected chi connectivity index (χ4v) is 3.06. The number of ether oxygens (including phenoxy) is 1. The summed E-state index contributed by atoms with van der Waals surface area (Å²) in [5.41, 5.74) is 1.17. The van der Waals surface area contributed by atoms with Gasteiger partial charge in [-0.3, -0.25) is 4.79 Å². The molecule has 0 spiro atoms. The van der Waals surface area contributed by atoms with Gasteiger partial charge in [0.2, 0.25) is 0 Å². The van der Waals surface area contributed by atoms with Crippen LogP contribution in [0.15, 0.2) is 24.3 Å². The number of nitrogens with one attached hydrogen (secondary N) is 1. The van der Waals surface area contributed by atoms with Crippen molar-refractivity contribution in [3.05, 3.63) is 29.8 Å². The number of hydrogen-bond acceptors (Lipinski definition) is 2. The lowest BCUT2D eigenvalue weighted by atomic mass is 9.86. The van der Waals surface area contributed by atoms with Gasteiger partial charge in [-0.15, -0.1) is 0 Å². The number of methoxy groups -OCH3 is 1. The van der Waals surface area contributed by atoms with Crippen molar-refractivity contribution in [3.8, 4) is 5.75 Å². The van der Waals surface area contributed by atoms with Crippen molar-refractivity contribution in [1.29, 1.82) is 0 Å². The largest absolute Gasteiger partial charge is 0.497 e. The fourth-order valence-electron chi connectivity index (χ4n) is 3.06. The van der Waals surface area contributed by atoms with Crippen LogP contribution in [0.1, 0.15) is 45.1 Å². The molecule has 1 aliphatic rings. The van der Waals surface area contributed by atoms with E-state index in [2.05, 4.69) is 23.6 Å². The highest BCUT2D eigenvalue weighted by Crippen LogP contribution is 2.23. The molecular weight excluding hydrogens is 276 g/mol. The maximum atomic E-state index is 12.3. The smallest absolute Gasteiger partial charge is 0.278 e. The Labute approximate surface area is 133 Å². The lowest BCUT2D eigenvalue weighted by Gasteiger charge is -2.30. The van der Waals surface area contributed by atoms with E-state index in [0.717, 1.165) is 18.7 Å². The van der Waals surface area contributed by atoms with Crippen molar-refractivity contribution >= 4 is 5.91 Å². The SMILES string of the molecule is COc1cccc(C[NH2+][C@H](C)C(=O)N[C@@H]2CCCC[C@@H]2C)c1. The molecule has 1 fully saturated rings. The molecule has 3 N–H and O–H groups in total. The third-order valence-corrected chi connectivity index (χ3v) is 4.69. The van der Waals surface area contributed by atoms with Crippen LogP contribution in [0, 0.1) is 5.92 Å². The maximum Gasteiger partial charge on any atom is 0.278 e. The summed E-state index contributed by atoms with van der Waals surface area (Å²) in [6, 6.07) is 8.28. The minimum Gasteiger partial charge on any atom is -0.497 e. The molecule has 1 aliphatic carbocycles. The summed E-state index contributed by atoms with van der Waals surface area (Å²) in [7, 11) is 1.67. The summed E-state index contributed by atoms with van der Waals surface area (Å²) in [6.07, 6.45) is 4.88. The van der Waals surface area contributed by atoms with Gasteiger partial charge in [0.15, 0.2) is 6.04 Å². The van der Waals surface area contributed by atoms with E-state index in [1.54, 1.807) is 7.11 Å². The number of rotatable bonds is 6. The molecule has 22 heavy (non-hydrogen) atoms. The molecule has 0 aromatic heterocycles. The Morgan fingerprint density at radius 3 is 2.91 bits per heavy atom. The molecule has 1 aromatic rings. The molecule has 0 bridgehead atoms. The highest BCUT2D eigenvalue weighted by molar-refractivity contribution is 5.80. The molecule has 0 saturated heterocycles. The molecule has 0 unspecified atom stereocenters. The Bertz CT molecular complexity index is 490. The Morgan fingerprint density at radius 2 is 2.18 bits per heavy atom. The van der Waals surface area contributed by atoms with Gasteiger partial charge in [0, 0.05) is 11.6 Å². The first-order chi connectivity index (χ1) is 10.6. The van der Waals surface area contributed by atoms with Gasteiger partial charge in [-0.05, 0) is 37.8 Å². The lowest BCUT2D eigenvalue weighted by molar-refractivity contribution is -0.689. The number of benzene rings is 1. The van der Waals surface area contributed by atoms with Gasteiger partial charge in [0.05, 0.1) is 7.11 Å². The Balaban J connectivity index is 1.80. The average molecular weight is 305 g/mol. The second-order valence-corrected chi connectivity index (χ2v) is 6.46. The van der Waals surface area contributed by atoms with Crippen molar-refractivity contribution < 1.29 is 14.8 Å². The first-order valence-electron chi connectivity index (χ1n) is 8.36. The summed E-state index contributed by atoms with van der Waals surface area (Å²) >= 11 is 0. The third kappa shape index (κ3) is 4.73. The van der Waals surface area contributed by atoms with Crippen LogP contribution in [0.25, 0.3) is 0 Å². The minimum absolute atomic E-state index is 0.0691. The molecule has 3 atom stereocenters. The molecule has 2 rings (SSSR count). The van der Waals surface area contributed by atoms with E-state index in [1.165, 1.54) is 24.8 Å². The van der Waals surface area contributed by atoms with E-state index >= 15 is 0 Å². The van der Waals surface area contributed by atoms with Crippen LogP contribution in [0.5, 0.6) is 5.75 Å². The predicted molar refractivity (Wildman–Crippen MR) is 87.6 cm³/mol. The van der Waals surface area contributed by atoms with Gasteiger partial charge in [-0.1, -0.05) is 31.9 Å². The molecule has 1 amide bonds. The van der Waals surface area contributed by atoms with E-state index in [9.17, 15) is 4.79 Å². The predicted octanol–water partition coefficient (Wildman–Crippen LogP) is 1.84. The summed E-state index contributed by atoms with van der Waals surface area (Å²) < 4.78 is 5.23. The van der Waals surface area contributed by atoms with Crippen LogP contribution in [0.2, 0.25) is 0 Å². The highest BCUT2D eigenvalue weighted by atomic mass is 16.5. The van der Waals surface area contributed by atoms with Gasteiger partial charge >= 0.3 is 0 Å². The summed E-state index contributed by atoms with van der Waals surface area (Å²) in [6.45, 7) is 5.00. The minimum atomic E-state index is -0.0691. The number of nitrogens with two attached hydrogens (primary N) is 1. The zero-order valence-corrected chi connectivity index (χ0v) is 14.0. The number of quaternary nitrogens is 1. The van der Waals surface area contributed by atoms with Crippen LogP contribution >= 0.6 is 0 Å². The summed E-state index contributed by atoms with van der Waals surface area (Å²) in [4.78, 5) is 12.3. The normalized spacial score (nSPS) is 22.9. The standard InChI is InChI=1S/C18H28N2O2/c1-13-7-4-5-10-17(13)20-18(21)14(2)19-12-15-8-6-9-16(11-15)22-3/h6,8-9,11,13-14,17,19H,4-5,7,10,12H2,1-3H3,(H,20,21)/p+1/t13-,14+,17+/m0/s1. The van der Waals surface area contributed by atoms with Crippen molar-refractivity contribution in [2.24, 2.45) is 5.92 Å². The van der Waals surface area contributed by atoms with E-state index in [4.69, 9.17) is 4.74 Å². The van der Waals surface area contributed by atoms with Crippen LogP contribution in [0.4, 0.5) is 0 Å². The zero-order chi connectivity index (χ0) is 15.9. The second-order valence-electron chi connectivity index (χ2n) is 6.46. The van der Waals surface area contributed by atoms with E-state index in [-0.39, 0.29) is 11.9 Å². The van der Waals surface area contributed by atoms with Gasteiger partial charge < -0.3 is 15.4 Å². The first kappa shape index (κ1) is 16.8. The molecule has 1 saturated carbocycles. The average Bonchev–Trinajstić information content (AvgIpc) is 2.54. The molecular formula is C18H29N2O2+. The number of carbonyl (C=O) groups is 1. The van der Waals surface area contributed by atoms with E-state index in [1.807, 2.05) is 25.1 Å². The molecule has 1 aromatic carbocycles. The zero-order valence-electron chi connectivity index (χ0n) is 14.0. The van der Waals surface area contributed by atoms with Crippen LogP contribution in [0.3, 0.4) is 0 Å². The van der Waals surface area contributed by atoms with Gasteiger partial charge in [-0.2, -0.15) is 0 Å². The van der Waals surface area contributed by atoms with E-state index in [0.29, 0.717) is 12.0 Å². The molecule has 122 valence electrons. The van der Waals surface area contributed by atoms with Crippen molar-refractivity contribution in [2.45, 2.75) is 58.2 Å². The van der Waals surface area contributed by atoms with Gasteiger partial charge in [0.25, 0.3) is 5.91 Å².